The van der Waals surface area contributed by atoms with E-state index in [1.807, 2.05) is 24.7 Å². The Balaban J connectivity index is 2.33. The quantitative estimate of drug-likeness (QED) is 0.882. The van der Waals surface area contributed by atoms with Gasteiger partial charge in [0, 0.05) is 6.54 Å². The van der Waals surface area contributed by atoms with Gasteiger partial charge in [0.15, 0.2) is 5.75 Å². The van der Waals surface area contributed by atoms with Gasteiger partial charge in [-0.3, -0.25) is 4.68 Å². The van der Waals surface area contributed by atoms with Crippen LogP contribution in [-0.4, -0.2) is 23.9 Å². The number of methoxy groups -OCH3 is 1. The number of halogens is 1. The molecule has 0 saturated carbocycles. The second-order valence-corrected chi connectivity index (χ2v) is 4.55. The van der Waals surface area contributed by atoms with Gasteiger partial charge in [0.2, 0.25) is 0 Å². The van der Waals surface area contributed by atoms with Gasteiger partial charge >= 0.3 is 0 Å². The van der Waals surface area contributed by atoms with E-state index in [9.17, 15) is 4.39 Å². The summed E-state index contributed by atoms with van der Waals surface area (Å²) in [5.74, 6) is 0.539. The average Bonchev–Trinajstić information content (AvgIpc) is 2.89. The van der Waals surface area contributed by atoms with E-state index in [-0.39, 0.29) is 11.9 Å². The minimum Gasteiger partial charge on any atom is -0.493 e. The number of aryl methyl sites for hydroxylation is 1. The van der Waals surface area contributed by atoms with Crippen LogP contribution < -0.4 is 10.1 Å². The molecule has 1 heterocycles. The molecule has 2 rings (SSSR count). The maximum absolute atomic E-state index is 13.8. The molecule has 0 aliphatic rings. The van der Waals surface area contributed by atoms with E-state index in [0.29, 0.717) is 12.0 Å². The summed E-state index contributed by atoms with van der Waals surface area (Å²) in [4.78, 5) is 0. The SMILES string of the molecule is CCn1ncc(OC)c1C(Cc1ccccc1F)NC. The number of likely N-dealkylation sites (N-methyl/N-ethyl adjacent to an activating group) is 1. The Kier molecular flexibility index (Phi) is 4.74. The van der Waals surface area contributed by atoms with Crippen molar-refractivity contribution in [2.24, 2.45) is 0 Å². The number of nitrogens with one attached hydrogen (secondary N) is 1. The van der Waals surface area contributed by atoms with Crippen molar-refractivity contribution < 1.29 is 9.13 Å². The summed E-state index contributed by atoms with van der Waals surface area (Å²) < 4.78 is 21.0. The van der Waals surface area contributed by atoms with Crippen molar-refractivity contribution in [1.82, 2.24) is 15.1 Å². The predicted octanol–water partition coefficient (Wildman–Crippen LogP) is 2.55. The molecule has 0 fully saturated rings. The number of hydrogen-bond donors (Lipinski definition) is 1. The standard InChI is InChI=1S/C15H20FN3O/c1-4-19-15(14(20-3)10-18-19)13(17-2)9-11-7-5-6-8-12(11)16/h5-8,10,13,17H,4,9H2,1-3H3. The fourth-order valence-corrected chi connectivity index (χ4v) is 2.36. The van der Waals surface area contributed by atoms with Crippen molar-refractivity contribution in [1.29, 1.82) is 0 Å². The van der Waals surface area contributed by atoms with Crippen LogP contribution in [0.3, 0.4) is 0 Å². The molecule has 0 spiro atoms. The molecule has 108 valence electrons. The van der Waals surface area contributed by atoms with Crippen LogP contribution >= 0.6 is 0 Å². The third-order valence-electron chi connectivity index (χ3n) is 3.42. The number of hydrogen-bond acceptors (Lipinski definition) is 3. The molecule has 0 radical (unpaired) electrons. The summed E-state index contributed by atoms with van der Waals surface area (Å²) in [6.45, 7) is 2.76. The Morgan fingerprint density at radius 2 is 2.15 bits per heavy atom. The van der Waals surface area contributed by atoms with Crippen molar-refractivity contribution >= 4 is 0 Å². The average molecular weight is 277 g/mol. The van der Waals surface area contributed by atoms with E-state index in [1.54, 1.807) is 25.4 Å². The van der Waals surface area contributed by atoms with E-state index in [4.69, 9.17) is 4.74 Å². The highest BCUT2D eigenvalue weighted by molar-refractivity contribution is 5.30. The van der Waals surface area contributed by atoms with Gasteiger partial charge in [-0.05, 0) is 32.0 Å². The molecule has 1 unspecified atom stereocenters. The van der Waals surface area contributed by atoms with Gasteiger partial charge in [0.1, 0.15) is 5.82 Å². The summed E-state index contributed by atoms with van der Waals surface area (Å²) in [7, 11) is 3.48. The first-order chi connectivity index (χ1) is 9.71. The molecule has 2 aromatic rings. The molecule has 0 bridgehead atoms. The molecule has 1 N–H and O–H groups in total. The molecular weight excluding hydrogens is 257 g/mol. The Morgan fingerprint density at radius 1 is 1.40 bits per heavy atom. The Morgan fingerprint density at radius 3 is 2.75 bits per heavy atom. The Hall–Kier alpha value is -1.88. The molecule has 20 heavy (non-hydrogen) atoms. The molecule has 1 aromatic carbocycles. The van der Waals surface area contributed by atoms with Crippen molar-refractivity contribution in [3.05, 3.63) is 47.5 Å². The van der Waals surface area contributed by atoms with Crippen molar-refractivity contribution in [2.45, 2.75) is 25.9 Å². The van der Waals surface area contributed by atoms with Crippen LogP contribution in [-0.2, 0) is 13.0 Å². The van der Waals surface area contributed by atoms with E-state index in [0.717, 1.165) is 18.0 Å². The van der Waals surface area contributed by atoms with Crippen molar-refractivity contribution in [2.75, 3.05) is 14.2 Å². The maximum atomic E-state index is 13.8. The number of rotatable bonds is 6. The lowest BCUT2D eigenvalue weighted by Gasteiger charge is -2.19. The minimum absolute atomic E-state index is 0.0516. The number of aromatic nitrogens is 2. The first kappa shape index (κ1) is 14.5. The molecule has 0 aliphatic heterocycles. The molecular formula is C15H20FN3O. The van der Waals surface area contributed by atoms with Gasteiger partial charge in [-0.2, -0.15) is 5.10 Å². The Labute approximate surface area is 118 Å². The summed E-state index contributed by atoms with van der Waals surface area (Å²) in [5, 5.41) is 7.52. The monoisotopic (exact) mass is 277 g/mol. The van der Waals surface area contributed by atoms with Gasteiger partial charge in [-0.15, -0.1) is 0 Å². The highest BCUT2D eigenvalue weighted by Crippen LogP contribution is 2.28. The molecule has 1 aromatic heterocycles. The molecule has 0 saturated heterocycles. The van der Waals surface area contributed by atoms with Gasteiger partial charge in [-0.25, -0.2) is 4.39 Å². The normalized spacial score (nSPS) is 12.4. The zero-order valence-corrected chi connectivity index (χ0v) is 12.1. The highest BCUT2D eigenvalue weighted by Gasteiger charge is 2.21. The van der Waals surface area contributed by atoms with Crippen molar-refractivity contribution in [3.8, 4) is 5.75 Å². The van der Waals surface area contributed by atoms with Gasteiger partial charge in [0.25, 0.3) is 0 Å². The second-order valence-electron chi connectivity index (χ2n) is 4.55. The minimum atomic E-state index is -0.186. The zero-order chi connectivity index (χ0) is 14.5. The smallest absolute Gasteiger partial charge is 0.161 e. The number of nitrogens with zero attached hydrogens (tertiary/aromatic N) is 2. The summed E-state index contributed by atoms with van der Waals surface area (Å²) in [5.41, 5.74) is 1.62. The van der Waals surface area contributed by atoms with Gasteiger partial charge < -0.3 is 10.1 Å². The van der Waals surface area contributed by atoms with Gasteiger partial charge in [0.05, 0.1) is 25.0 Å². The fraction of sp³-hybridized carbons (Fsp3) is 0.400. The van der Waals surface area contributed by atoms with Gasteiger partial charge in [-0.1, -0.05) is 18.2 Å². The second kappa shape index (κ2) is 6.52. The number of benzene rings is 1. The highest BCUT2D eigenvalue weighted by atomic mass is 19.1. The number of ether oxygens (including phenoxy) is 1. The van der Waals surface area contributed by atoms with Crippen LogP contribution in [0.15, 0.2) is 30.5 Å². The molecule has 0 aliphatic carbocycles. The lowest BCUT2D eigenvalue weighted by atomic mass is 10.0. The predicted molar refractivity (Wildman–Crippen MR) is 76.4 cm³/mol. The van der Waals surface area contributed by atoms with Crippen LogP contribution in [0.1, 0.15) is 24.2 Å². The molecule has 4 nitrogen and oxygen atoms in total. The zero-order valence-electron chi connectivity index (χ0n) is 12.1. The lowest BCUT2D eigenvalue weighted by Crippen LogP contribution is -2.23. The van der Waals surface area contributed by atoms with Crippen LogP contribution in [0.25, 0.3) is 0 Å². The summed E-state index contributed by atoms with van der Waals surface area (Å²) in [6, 6.07) is 6.78. The molecule has 0 amide bonds. The van der Waals surface area contributed by atoms with E-state index in [2.05, 4.69) is 10.4 Å². The van der Waals surface area contributed by atoms with Crippen LogP contribution in [0.5, 0.6) is 5.75 Å². The van der Waals surface area contributed by atoms with Crippen LogP contribution in [0.2, 0.25) is 0 Å². The van der Waals surface area contributed by atoms with E-state index in [1.165, 1.54) is 6.07 Å². The summed E-state index contributed by atoms with van der Waals surface area (Å²) in [6.07, 6.45) is 2.25. The van der Waals surface area contributed by atoms with Crippen molar-refractivity contribution in [3.63, 3.8) is 0 Å². The topological polar surface area (TPSA) is 39.1 Å². The lowest BCUT2D eigenvalue weighted by molar-refractivity contribution is 0.394. The van der Waals surface area contributed by atoms with Crippen LogP contribution in [0, 0.1) is 5.82 Å². The molecule has 5 heteroatoms. The fourth-order valence-electron chi connectivity index (χ4n) is 2.36. The molecule has 1 atom stereocenters. The van der Waals surface area contributed by atoms with E-state index < -0.39 is 0 Å². The maximum Gasteiger partial charge on any atom is 0.161 e. The van der Waals surface area contributed by atoms with E-state index >= 15 is 0 Å². The first-order valence-electron chi connectivity index (χ1n) is 6.71. The third kappa shape index (κ3) is 2.82. The largest absolute Gasteiger partial charge is 0.493 e. The third-order valence-corrected chi connectivity index (χ3v) is 3.42. The van der Waals surface area contributed by atoms with Crippen LogP contribution in [0.4, 0.5) is 4.39 Å². The first-order valence-corrected chi connectivity index (χ1v) is 6.71. The Bertz CT molecular complexity index is 546. The summed E-state index contributed by atoms with van der Waals surface area (Å²) >= 11 is 0.